The van der Waals surface area contributed by atoms with Gasteiger partial charge in [-0.05, 0) is 31.4 Å². The highest BCUT2D eigenvalue weighted by molar-refractivity contribution is 7.12. The third-order valence-corrected chi connectivity index (χ3v) is 4.32. The maximum absolute atomic E-state index is 12.0. The van der Waals surface area contributed by atoms with Gasteiger partial charge in [0.15, 0.2) is 5.78 Å². The molecule has 1 heterocycles. The van der Waals surface area contributed by atoms with Gasteiger partial charge in [0.1, 0.15) is 5.60 Å². The smallest absolute Gasteiger partial charge is 0.169 e. The van der Waals surface area contributed by atoms with E-state index in [0.29, 0.717) is 19.3 Å². The predicted octanol–water partition coefficient (Wildman–Crippen LogP) is 2.97. The van der Waals surface area contributed by atoms with Crippen molar-refractivity contribution in [3.8, 4) is 0 Å². The molecule has 0 aliphatic heterocycles. The fourth-order valence-corrected chi connectivity index (χ4v) is 2.63. The van der Waals surface area contributed by atoms with Gasteiger partial charge in [-0.15, -0.1) is 11.3 Å². The summed E-state index contributed by atoms with van der Waals surface area (Å²) < 4.78 is 0. The molecule has 0 radical (unpaired) electrons. The zero-order valence-corrected chi connectivity index (χ0v) is 11.1. The van der Waals surface area contributed by atoms with Crippen LogP contribution >= 0.6 is 11.3 Å². The molecule has 0 saturated heterocycles. The van der Waals surface area contributed by atoms with Gasteiger partial charge in [0.05, 0.1) is 0 Å². The number of Topliss-reactive ketones (excluding diaryl/α,β-unsaturated/α-hetero) is 1. The van der Waals surface area contributed by atoms with E-state index >= 15 is 0 Å². The molecule has 1 aromatic heterocycles. The Morgan fingerprint density at radius 3 is 2.25 bits per heavy atom. The SMILES string of the molecule is CCc1ccc(CC(=O)C(O)(CC)CC)s1. The average molecular weight is 240 g/mol. The van der Waals surface area contributed by atoms with Crippen molar-refractivity contribution in [3.63, 3.8) is 0 Å². The molecular formula is C13H20O2S. The first-order valence-electron chi connectivity index (χ1n) is 5.89. The number of aliphatic hydroxyl groups is 1. The van der Waals surface area contributed by atoms with Crippen LogP contribution in [0.1, 0.15) is 43.4 Å². The summed E-state index contributed by atoms with van der Waals surface area (Å²) in [6, 6.07) is 4.05. The minimum absolute atomic E-state index is 0.0537. The summed E-state index contributed by atoms with van der Waals surface area (Å²) in [4.78, 5) is 14.3. The Balaban J connectivity index is 2.70. The zero-order valence-electron chi connectivity index (χ0n) is 10.2. The quantitative estimate of drug-likeness (QED) is 0.830. The number of hydrogen-bond acceptors (Lipinski definition) is 3. The lowest BCUT2D eigenvalue weighted by Gasteiger charge is -2.22. The molecule has 0 aliphatic rings. The van der Waals surface area contributed by atoms with Crippen molar-refractivity contribution in [2.75, 3.05) is 0 Å². The van der Waals surface area contributed by atoms with E-state index in [9.17, 15) is 9.90 Å². The number of carbonyl (C=O) groups is 1. The molecule has 90 valence electrons. The van der Waals surface area contributed by atoms with Crippen LogP contribution in [0, 0.1) is 0 Å². The summed E-state index contributed by atoms with van der Waals surface area (Å²) in [6.45, 7) is 5.81. The Bertz CT molecular complexity index is 351. The molecule has 0 saturated carbocycles. The molecule has 0 aromatic carbocycles. The van der Waals surface area contributed by atoms with Crippen LogP contribution in [0.5, 0.6) is 0 Å². The number of carbonyl (C=O) groups excluding carboxylic acids is 1. The Morgan fingerprint density at radius 2 is 1.81 bits per heavy atom. The van der Waals surface area contributed by atoms with Gasteiger partial charge in [0.2, 0.25) is 0 Å². The highest BCUT2D eigenvalue weighted by atomic mass is 32.1. The number of aryl methyl sites for hydroxylation is 1. The molecule has 2 nitrogen and oxygen atoms in total. The predicted molar refractivity (Wildman–Crippen MR) is 67.9 cm³/mol. The molecule has 0 bridgehead atoms. The van der Waals surface area contributed by atoms with Crippen LogP contribution < -0.4 is 0 Å². The molecule has 1 N–H and O–H groups in total. The third kappa shape index (κ3) is 2.92. The fourth-order valence-electron chi connectivity index (χ4n) is 1.67. The molecule has 16 heavy (non-hydrogen) atoms. The molecular weight excluding hydrogens is 220 g/mol. The molecule has 1 rings (SSSR count). The highest BCUT2D eigenvalue weighted by Crippen LogP contribution is 2.22. The summed E-state index contributed by atoms with van der Waals surface area (Å²) in [5.41, 5.74) is -1.13. The summed E-state index contributed by atoms with van der Waals surface area (Å²) in [6.07, 6.45) is 2.36. The second-order valence-corrected chi connectivity index (χ2v) is 5.31. The molecule has 0 spiro atoms. The maximum atomic E-state index is 12.0. The Kier molecular flexibility index (Phi) is 4.69. The molecule has 3 heteroatoms. The van der Waals surface area contributed by atoms with E-state index in [4.69, 9.17) is 0 Å². The number of thiophene rings is 1. The third-order valence-electron chi connectivity index (χ3n) is 3.09. The van der Waals surface area contributed by atoms with Gasteiger partial charge in [-0.3, -0.25) is 4.79 Å². The van der Waals surface area contributed by atoms with Gasteiger partial charge >= 0.3 is 0 Å². The van der Waals surface area contributed by atoms with Gasteiger partial charge in [0.25, 0.3) is 0 Å². The van der Waals surface area contributed by atoms with E-state index in [1.807, 2.05) is 19.9 Å². The molecule has 1 aromatic rings. The standard InChI is InChI=1S/C13H20O2S/c1-4-10-7-8-11(16-10)9-12(14)13(15,5-2)6-3/h7-8,15H,4-6,9H2,1-3H3. The number of hydrogen-bond donors (Lipinski definition) is 1. The van der Waals surface area contributed by atoms with Crippen LogP contribution in [0.2, 0.25) is 0 Å². The van der Waals surface area contributed by atoms with E-state index in [1.54, 1.807) is 11.3 Å². The van der Waals surface area contributed by atoms with Crippen molar-refractivity contribution in [1.29, 1.82) is 0 Å². The van der Waals surface area contributed by atoms with Crippen LogP contribution in [0.25, 0.3) is 0 Å². The Labute approximate surface area is 101 Å². The van der Waals surface area contributed by atoms with Crippen LogP contribution in [0.15, 0.2) is 12.1 Å². The lowest BCUT2D eigenvalue weighted by molar-refractivity contribution is -0.137. The van der Waals surface area contributed by atoms with Crippen LogP contribution in [0.3, 0.4) is 0 Å². The first kappa shape index (κ1) is 13.4. The lowest BCUT2D eigenvalue weighted by Crippen LogP contribution is -2.38. The highest BCUT2D eigenvalue weighted by Gasteiger charge is 2.31. The number of rotatable bonds is 6. The van der Waals surface area contributed by atoms with E-state index in [1.165, 1.54) is 4.88 Å². The zero-order chi connectivity index (χ0) is 12.2. The minimum Gasteiger partial charge on any atom is -0.382 e. The van der Waals surface area contributed by atoms with Crippen molar-refractivity contribution in [2.45, 2.75) is 52.1 Å². The van der Waals surface area contributed by atoms with Crippen molar-refractivity contribution in [1.82, 2.24) is 0 Å². The van der Waals surface area contributed by atoms with E-state index in [-0.39, 0.29) is 5.78 Å². The van der Waals surface area contributed by atoms with Gasteiger partial charge in [0, 0.05) is 16.2 Å². The second kappa shape index (κ2) is 5.60. The largest absolute Gasteiger partial charge is 0.382 e. The minimum atomic E-state index is -1.13. The molecule has 0 unspecified atom stereocenters. The van der Waals surface area contributed by atoms with Gasteiger partial charge in [-0.1, -0.05) is 20.8 Å². The van der Waals surface area contributed by atoms with Crippen molar-refractivity contribution < 1.29 is 9.90 Å². The first-order chi connectivity index (χ1) is 7.55. The summed E-state index contributed by atoms with van der Waals surface area (Å²) in [5.74, 6) is -0.0537. The van der Waals surface area contributed by atoms with Crippen LogP contribution in [-0.2, 0) is 17.6 Å². The molecule has 0 atom stereocenters. The van der Waals surface area contributed by atoms with Gasteiger partial charge in [-0.25, -0.2) is 0 Å². The topological polar surface area (TPSA) is 37.3 Å². The molecule has 0 aliphatic carbocycles. The van der Waals surface area contributed by atoms with Crippen molar-refractivity contribution >= 4 is 17.1 Å². The van der Waals surface area contributed by atoms with Crippen molar-refractivity contribution in [3.05, 3.63) is 21.9 Å². The van der Waals surface area contributed by atoms with Gasteiger partial charge in [-0.2, -0.15) is 0 Å². The second-order valence-electron chi connectivity index (χ2n) is 4.06. The van der Waals surface area contributed by atoms with E-state index in [0.717, 1.165) is 11.3 Å². The summed E-state index contributed by atoms with van der Waals surface area (Å²) >= 11 is 1.67. The van der Waals surface area contributed by atoms with E-state index < -0.39 is 5.60 Å². The van der Waals surface area contributed by atoms with Gasteiger partial charge < -0.3 is 5.11 Å². The maximum Gasteiger partial charge on any atom is 0.169 e. The van der Waals surface area contributed by atoms with Crippen molar-refractivity contribution in [2.24, 2.45) is 0 Å². The molecule has 0 amide bonds. The summed E-state index contributed by atoms with van der Waals surface area (Å²) in [7, 11) is 0. The fraction of sp³-hybridized carbons (Fsp3) is 0.615. The number of ketones is 1. The van der Waals surface area contributed by atoms with E-state index in [2.05, 4.69) is 13.0 Å². The molecule has 0 fully saturated rings. The normalized spacial score (nSPS) is 11.8. The van der Waals surface area contributed by atoms with Crippen LogP contribution in [0.4, 0.5) is 0 Å². The Morgan fingerprint density at radius 1 is 1.25 bits per heavy atom. The summed E-state index contributed by atoms with van der Waals surface area (Å²) in [5, 5.41) is 10.1. The first-order valence-corrected chi connectivity index (χ1v) is 6.70. The monoisotopic (exact) mass is 240 g/mol. The van der Waals surface area contributed by atoms with Crippen LogP contribution in [-0.4, -0.2) is 16.5 Å². The lowest BCUT2D eigenvalue weighted by atomic mass is 9.90. The average Bonchev–Trinajstić information content (AvgIpc) is 2.75. The Hall–Kier alpha value is -0.670.